The first kappa shape index (κ1) is 27.9. The lowest BCUT2D eigenvalue weighted by Crippen LogP contribution is -2.70. The quantitative estimate of drug-likeness (QED) is 0.286. The van der Waals surface area contributed by atoms with Gasteiger partial charge in [-0.3, -0.25) is 4.79 Å². The molecule has 4 rings (SSSR count). The second kappa shape index (κ2) is 9.00. The maximum atomic E-state index is 13.3. The van der Waals surface area contributed by atoms with Crippen molar-refractivity contribution >= 4 is 5.97 Å². The molecule has 4 aliphatic rings. The third kappa shape index (κ3) is 5.50. The molecular formula is C28H50O6. The lowest BCUT2D eigenvalue weighted by molar-refractivity contribution is -0.352. The minimum Gasteiger partial charge on any atom is -0.458 e. The topological polar surface area (TPSA) is 63.2 Å². The van der Waals surface area contributed by atoms with E-state index in [4.69, 9.17) is 23.7 Å². The number of carbonyl (C=O) groups excluding carboxylic acids is 1. The van der Waals surface area contributed by atoms with Crippen molar-refractivity contribution in [3.63, 3.8) is 0 Å². The Hall–Kier alpha value is -0.690. The number of hydrogen-bond acceptors (Lipinski definition) is 6. The van der Waals surface area contributed by atoms with E-state index >= 15 is 0 Å². The molecule has 0 radical (unpaired) electrons. The van der Waals surface area contributed by atoms with Gasteiger partial charge in [-0.2, -0.15) is 0 Å². The SMILES string of the molecule is CCC(C)(C)C(=O)OC12CC3CC(OC(OC)C(C)(C)C)(C1)CC(OC(OC)C(C)(C)C)(C3)C2. The molecular weight excluding hydrogens is 432 g/mol. The van der Waals surface area contributed by atoms with Gasteiger partial charge >= 0.3 is 5.97 Å². The van der Waals surface area contributed by atoms with Gasteiger partial charge in [0, 0.05) is 44.3 Å². The highest BCUT2D eigenvalue weighted by molar-refractivity contribution is 5.76. The van der Waals surface area contributed by atoms with Crippen LogP contribution in [0, 0.1) is 22.2 Å². The molecule has 6 heteroatoms. The van der Waals surface area contributed by atoms with Gasteiger partial charge in [0.25, 0.3) is 0 Å². The van der Waals surface area contributed by atoms with Crippen molar-refractivity contribution in [1.82, 2.24) is 0 Å². The molecule has 4 atom stereocenters. The van der Waals surface area contributed by atoms with Gasteiger partial charge in [0.15, 0.2) is 12.6 Å². The molecule has 0 saturated heterocycles. The average Bonchev–Trinajstić information content (AvgIpc) is 2.67. The van der Waals surface area contributed by atoms with E-state index in [-0.39, 0.29) is 29.4 Å². The Morgan fingerprint density at radius 1 is 0.765 bits per heavy atom. The first-order chi connectivity index (χ1) is 15.4. The van der Waals surface area contributed by atoms with Crippen LogP contribution in [0.25, 0.3) is 0 Å². The average molecular weight is 483 g/mol. The molecule has 0 aromatic heterocycles. The van der Waals surface area contributed by atoms with Crippen LogP contribution in [0.1, 0.15) is 107 Å². The molecule has 0 N–H and O–H groups in total. The summed E-state index contributed by atoms with van der Waals surface area (Å²) in [5, 5.41) is 0. The highest BCUT2D eigenvalue weighted by Crippen LogP contribution is 2.64. The van der Waals surface area contributed by atoms with Crippen LogP contribution in [-0.4, -0.2) is 49.6 Å². The summed E-state index contributed by atoms with van der Waals surface area (Å²) in [6.07, 6.45) is 4.92. The zero-order chi connectivity index (χ0) is 25.8. The van der Waals surface area contributed by atoms with Crippen molar-refractivity contribution in [2.45, 2.75) is 137 Å². The van der Waals surface area contributed by atoms with E-state index in [1.54, 1.807) is 14.2 Å². The zero-order valence-corrected chi connectivity index (χ0v) is 23.6. The highest BCUT2D eigenvalue weighted by Gasteiger charge is 2.68. The first-order valence-electron chi connectivity index (χ1n) is 13.1. The number of esters is 1. The third-order valence-corrected chi connectivity index (χ3v) is 8.22. The fourth-order valence-corrected chi connectivity index (χ4v) is 6.64. The van der Waals surface area contributed by atoms with E-state index in [1.165, 1.54) is 0 Å². The summed E-state index contributed by atoms with van der Waals surface area (Å²) in [5.41, 5.74) is -2.39. The summed E-state index contributed by atoms with van der Waals surface area (Å²) in [5.74, 6) is 0.240. The molecule has 198 valence electrons. The summed E-state index contributed by atoms with van der Waals surface area (Å²) >= 11 is 0. The lowest BCUT2D eigenvalue weighted by Gasteiger charge is -2.66. The van der Waals surface area contributed by atoms with E-state index in [0.29, 0.717) is 18.8 Å². The van der Waals surface area contributed by atoms with Crippen molar-refractivity contribution < 1.29 is 28.5 Å². The molecule has 4 saturated carbocycles. The van der Waals surface area contributed by atoms with Crippen LogP contribution in [0.4, 0.5) is 0 Å². The van der Waals surface area contributed by atoms with Gasteiger partial charge in [-0.15, -0.1) is 0 Å². The van der Waals surface area contributed by atoms with E-state index in [2.05, 4.69) is 41.5 Å². The summed E-state index contributed by atoms with van der Waals surface area (Å²) in [7, 11) is 3.42. The van der Waals surface area contributed by atoms with Crippen molar-refractivity contribution in [1.29, 1.82) is 0 Å². The molecule has 0 aromatic carbocycles. The molecule has 0 heterocycles. The van der Waals surface area contributed by atoms with Gasteiger partial charge in [-0.1, -0.05) is 48.5 Å². The molecule has 4 unspecified atom stereocenters. The molecule has 0 aromatic rings. The van der Waals surface area contributed by atoms with Crippen molar-refractivity contribution in [3.8, 4) is 0 Å². The third-order valence-electron chi connectivity index (χ3n) is 8.22. The predicted molar refractivity (Wildman–Crippen MR) is 132 cm³/mol. The van der Waals surface area contributed by atoms with Crippen molar-refractivity contribution in [2.24, 2.45) is 22.2 Å². The van der Waals surface area contributed by atoms with Crippen LogP contribution in [0.2, 0.25) is 0 Å². The number of methoxy groups -OCH3 is 2. The van der Waals surface area contributed by atoms with Crippen LogP contribution in [-0.2, 0) is 28.5 Å². The second-order valence-corrected chi connectivity index (χ2v) is 14.3. The Morgan fingerprint density at radius 2 is 1.15 bits per heavy atom. The summed E-state index contributed by atoms with van der Waals surface area (Å²) < 4.78 is 31.9. The minimum absolute atomic E-state index is 0.125. The van der Waals surface area contributed by atoms with Gasteiger partial charge in [0.1, 0.15) is 5.60 Å². The van der Waals surface area contributed by atoms with Crippen LogP contribution in [0.5, 0.6) is 0 Å². The maximum Gasteiger partial charge on any atom is 0.312 e. The maximum absolute atomic E-state index is 13.3. The summed E-state index contributed by atoms with van der Waals surface area (Å²) in [4.78, 5) is 13.3. The number of carbonyl (C=O) groups is 1. The Balaban J connectivity index is 2.00. The fourth-order valence-electron chi connectivity index (χ4n) is 6.64. The largest absolute Gasteiger partial charge is 0.458 e. The van der Waals surface area contributed by atoms with E-state index in [0.717, 1.165) is 32.1 Å². The lowest BCUT2D eigenvalue weighted by atomic mass is 9.50. The van der Waals surface area contributed by atoms with Gasteiger partial charge in [0.05, 0.1) is 16.6 Å². The van der Waals surface area contributed by atoms with Crippen LogP contribution >= 0.6 is 0 Å². The van der Waals surface area contributed by atoms with E-state index < -0.39 is 22.2 Å². The van der Waals surface area contributed by atoms with Crippen LogP contribution in [0.15, 0.2) is 0 Å². The molecule has 4 aliphatic carbocycles. The number of rotatable bonds is 9. The summed E-state index contributed by atoms with van der Waals surface area (Å²) in [6.45, 7) is 18.8. The molecule has 0 spiro atoms. The van der Waals surface area contributed by atoms with Crippen LogP contribution < -0.4 is 0 Å². The first-order valence-corrected chi connectivity index (χ1v) is 13.1. The highest BCUT2D eigenvalue weighted by atomic mass is 16.7. The van der Waals surface area contributed by atoms with Crippen molar-refractivity contribution in [3.05, 3.63) is 0 Å². The van der Waals surface area contributed by atoms with Gasteiger partial charge in [0.2, 0.25) is 0 Å². The van der Waals surface area contributed by atoms with E-state index in [9.17, 15) is 4.79 Å². The van der Waals surface area contributed by atoms with E-state index in [1.807, 2.05) is 20.8 Å². The normalized spacial score (nSPS) is 35.3. The Bertz CT molecular complexity index is 705. The Morgan fingerprint density at radius 3 is 1.50 bits per heavy atom. The minimum atomic E-state index is -0.588. The Labute approximate surface area is 207 Å². The number of ether oxygens (including phenoxy) is 5. The molecule has 4 fully saturated rings. The zero-order valence-electron chi connectivity index (χ0n) is 23.6. The van der Waals surface area contributed by atoms with Gasteiger partial charge in [-0.25, -0.2) is 0 Å². The monoisotopic (exact) mass is 482 g/mol. The Kier molecular flexibility index (Phi) is 7.39. The standard InChI is InChI=1S/C28H50O6/c1-12-25(8,9)20(29)32-26-13-19-14-27(16-26,33-21(30-10)23(2,3)4)18-28(15-19,17-26)34-22(31-11)24(5,6)7/h19,21-22H,12-18H2,1-11H3. The molecule has 0 aliphatic heterocycles. The number of hydrogen-bond donors (Lipinski definition) is 0. The molecule has 0 amide bonds. The fraction of sp³-hybridized carbons (Fsp3) is 0.964. The van der Waals surface area contributed by atoms with Crippen LogP contribution in [0.3, 0.4) is 0 Å². The van der Waals surface area contributed by atoms with Crippen molar-refractivity contribution in [2.75, 3.05) is 14.2 Å². The molecule has 34 heavy (non-hydrogen) atoms. The summed E-state index contributed by atoms with van der Waals surface area (Å²) in [6, 6.07) is 0. The predicted octanol–water partition coefficient (Wildman–Crippen LogP) is 6.25. The molecule has 4 bridgehead atoms. The van der Waals surface area contributed by atoms with Gasteiger partial charge in [-0.05, 0) is 45.4 Å². The van der Waals surface area contributed by atoms with Gasteiger partial charge < -0.3 is 23.7 Å². The smallest absolute Gasteiger partial charge is 0.312 e. The second-order valence-electron chi connectivity index (χ2n) is 14.3. The molecule has 6 nitrogen and oxygen atoms in total.